The van der Waals surface area contributed by atoms with E-state index in [9.17, 15) is 15.3 Å². The van der Waals surface area contributed by atoms with E-state index < -0.39 is 37.1 Å². The van der Waals surface area contributed by atoms with Crippen LogP contribution < -0.4 is 11.5 Å². The van der Waals surface area contributed by atoms with Crippen LogP contribution in [0.3, 0.4) is 0 Å². The van der Waals surface area contributed by atoms with Crippen LogP contribution in [0.1, 0.15) is 6.42 Å². The van der Waals surface area contributed by atoms with Gasteiger partial charge in [-0.3, -0.25) is 0 Å². The van der Waals surface area contributed by atoms with Crippen LogP contribution in [0.4, 0.5) is 0 Å². The van der Waals surface area contributed by atoms with Crippen molar-refractivity contribution >= 4 is 0 Å². The largest absolute Gasteiger partial charge is 0.394 e. The lowest BCUT2D eigenvalue weighted by atomic mass is 9.92. The van der Waals surface area contributed by atoms with Crippen LogP contribution in [0.15, 0.2) is 0 Å². The van der Waals surface area contributed by atoms with Crippen LogP contribution in [0.2, 0.25) is 0 Å². The van der Waals surface area contributed by atoms with Crippen molar-refractivity contribution in [2.75, 3.05) is 13.2 Å². The molecular formula is C9H20N2O5. The first kappa shape index (κ1) is 13.8. The van der Waals surface area contributed by atoms with Gasteiger partial charge in [-0.15, -0.1) is 0 Å². The molecule has 1 rings (SSSR count). The molecule has 1 fully saturated rings. The van der Waals surface area contributed by atoms with Crippen LogP contribution in [0, 0.1) is 0 Å². The quantitative estimate of drug-likeness (QED) is 0.297. The summed E-state index contributed by atoms with van der Waals surface area (Å²) in [6, 6.07) is -0.360. The maximum absolute atomic E-state index is 9.65. The molecule has 1 aliphatic rings. The highest BCUT2D eigenvalue weighted by Crippen LogP contribution is 2.23. The van der Waals surface area contributed by atoms with Crippen molar-refractivity contribution in [2.24, 2.45) is 11.5 Å². The van der Waals surface area contributed by atoms with Crippen LogP contribution in [-0.2, 0) is 4.74 Å². The van der Waals surface area contributed by atoms with Gasteiger partial charge in [0.2, 0.25) is 0 Å². The standard InChI is InChI=1S/C9H20N2O5/c10-2-4(11)1-5-7(13)9(15)8(14)6(3-12)16-5/h4-9,12-15H,1-3,10-11H2/t4?,5-,6-,7+,8-,9-/m1/s1. The molecule has 7 heteroatoms. The summed E-state index contributed by atoms with van der Waals surface area (Å²) in [6.45, 7) is -0.200. The average molecular weight is 236 g/mol. The number of nitrogens with two attached hydrogens (primary N) is 2. The van der Waals surface area contributed by atoms with E-state index in [0.29, 0.717) is 0 Å². The van der Waals surface area contributed by atoms with E-state index in [2.05, 4.69) is 0 Å². The molecule has 0 radical (unpaired) electrons. The van der Waals surface area contributed by atoms with Crippen molar-refractivity contribution in [3.8, 4) is 0 Å². The van der Waals surface area contributed by atoms with E-state index in [1.54, 1.807) is 0 Å². The van der Waals surface area contributed by atoms with E-state index in [4.69, 9.17) is 21.3 Å². The third-order valence-electron chi connectivity index (χ3n) is 2.83. The summed E-state index contributed by atoms with van der Waals surface area (Å²) < 4.78 is 5.26. The highest BCUT2D eigenvalue weighted by Gasteiger charge is 2.43. The Hall–Kier alpha value is -0.280. The lowest BCUT2D eigenvalue weighted by molar-refractivity contribution is -0.231. The van der Waals surface area contributed by atoms with E-state index in [1.807, 2.05) is 0 Å². The molecule has 0 aromatic heterocycles. The minimum absolute atomic E-state index is 0.231. The van der Waals surface area contributed by atoms with E-state index in [0.717, 1.165) is 0 Å². The van der Waals surface area contributed by atoms with Gasteiger partial charge >= 0.3 is 0 Å². The third kappa shape index (κ3) is 2.89. The zero-order chi connectivity index (χ0) is 12.3. The van der Waals surface area contributed by atoms with E-state index >= 15 is 0 Å². The molecular weight excluding hydrogens is 216 g/mol. The number of ether oxygens (including phenoxy) is 1. The summed E-state index contributed by atoms with van der Waals surface area (Å²) in [5.74, 6) is 0. The molecule has 16 heavy (non-hydrogen) atoms. The van der Waals surface area contributed by atoms with Gasteiger partial charge < -0.3 is 36.6 Å². The van der Waals surface area contributed by atoms with Gasteiger partial charge in [-0.1, -0.05) is 0 Å². The second kappa shape index (κ2) is 5.87. The first-order valence-corrected chi connectivity index (χ1v) is 5.27. The fourth-order valence-corrected chi connectivity index (χ4v) is 1.77. The molecule has 1 saturated heterocycles. The summed E-state index contributed by atoms with van der Waals surface area (Å²) in [5.41, 5.74) is 11.0. The molecule has 0 aliphatic carbocycles. The number of hydrogen-bond donors (Lipinski definition) is 6. The van der Waals surface area contributed by atoms with Crippen LogP contribution >= 0.6 is 0 Å². The number of rotatable bonds is 4. The predicted octanol–water partition coefficient (Wildman–Crippen LogP) is -3.50. The Morgan fingerprint density at radius 3 is 2.12 bits per heavy atom. The number of hydrogen-bond acceptors (Lipinski definition) is 7. The first-order valence-electron chi connectivity index (χ1n) is 5.27. The topological polar surface area (TPSA) is 142 Å². The van der Waals surface area contributed by atoms with Crippen molar-refractivity contribution in [1.29, 1.82) is 0 Å². The van der Waals surface area contributed by atoms with Gasteiger partial charge in [-0.2, -0.15) is 0 Å². The van der Waals surface area contributed by atoms with Gasteiger partial charge in [0.1, 0.15) is 24.4 Å². The molecule has 0 aromatic carbocycles. The second-order valence-electron chi connectivity index (χ2n) is 4.10. The highest BCUT2D eigenvalue weighted by atomic mass is 16.5. The van der Waals surface area contributed by atoms with Gasteiger partial charge in [0.15, 0.2) is 0 Å². The van der Waals surface area contributed by atoms with E-state index in [1.165, 1.54) is 0 Å². The Bertz CT molecular complexity index is 216. The Morgan fingerprint density at radius 2 is 1.62 bits per heavy atom. The Morgan fingerprint density at radius 1 is 1.06 bits per heavy atom. The fourth-order valence-electron chi connectivity index (χ4n) is 1.77. The SMILES string of the molecule is NCC(N)C[C@H]1O[C@H](CO)[C@@H](O)[C@H](O)[C@H]1O. The molecule has 1 heterocycles. The summed E-state index contributed by atoms with van der Waals surface area (Å²) in [7, 11) is 0. The van der Waals surface area contributed by atoms with Gasteiger partial charge in [-0.25, -0.2) is 0 Å². The zero-order valence-corrected chi connectivity index (χ0v) is 8.94. The van der Waals surface area contributed by atoms with Gasteiger partial charge in [0, 0.05) is 12.6 Å². The maximum Gasteiger partial charge on any atom is 0.111 e. The van der Waals surface area contributed by atoms with Gasteiger partial charge in [0.05, 0.1) is 12.7 Å². The summed E-state index contributed by atoms with van der Waals surface area (Å²) in [4.78, 5) is 0. The molecule has 1 unspecified atom stereocenters. The van der Waals surface area contributed by atoms with Crippen molar-refractivity contribution in [3.63, 3.8) is 0 Å². The second-order valence-corrected chi connectivity index (χ2v) is 4.10. The molecule has 0 spiro atoms. The minimum Gasteiger partial charge on any atom is -0.394 e. The normalized spacial score (nSPS) is 42.0. The van der Waals surface area contributed by atoms with Crippen LogP contribution in [0.25, 0.3) is 0 Å². The Kier molecular flexibility index (Phi) is 5.06. The van der Waals surface area contributed by atoms with Crippen molar-refractivity contribution in [1.82, 2.24) is 0 Å². The summed E-state index contributed by atoms with van der Waals surface area (Å²) in [5, 5.41) is 37.6. The lowest BCUT2D eigenvalue weighted by Crippen LogP contribution is -2.59. The Labute approximate surface area is 93.6 Å². The van der Waals surface area contributed by atoms with E-state index in [-0.39, 0.29) is 19.0 Å². The monoisotopic (exact) mass is 236 g/mol. The Balaban J connectivity index is 2.63. The molecule has 96 valence electrons. The molecule has 0 aromatic rings. The minimum atomic E-state index is -1.35. The molecule has 0 amide bonds. The zero-order valence-electron chi connectivity index (χ0n) is 8.94. The molecule has 0 saturated carbocycles. The maximum atomic E-state index is 9.65. The smallest absolute Gasteiger partial charge is 0.111 e. The number of aliphatic hydroxyl groups excluding tert-OH is 4. The predicted molar refractivity (Wildman–Crippen MR) is 55.4 cm³/mol. The van der Waals surface area contributed by atoms with Crippen molar-refractivity contribution in [2.45, 2.75) is 43.0 Å². The molecule has 7 nitrogen and oxygen atoms in total. The molecule has 6 atom stereocenters. The fraction of sp³-hybridized carbons (Fsp3) is 1.00. The van der Waals surface area contributed by atoms with Crippen LogP contribution in [0.5, 0.6) is 0 Å². The number of aliphatic hydroxyl groups is 4. The average Bonchev–Trinajstić information content (AvgIpc) is 2.29. The molecule has 1 aliphatic heterocycles. The van der Waals surface area contributed by atoms with Gasteiger partial charge in [0.25, 0.3) is 0 Å². The third-order valence-corrected chi connectivity index (χ3v) is 2.83. The van der Waals surface area contributed by atoms with Gasteiger partial charge in [-0.05, 0) is 6.42 Å². The lowest BCUT2D eigenvalue weighted by Gasteiger charge is -2.40. The molecule has 8 N–H and O–H groups in total. The van der Waals surface area contributed by atoms with Crippen LogP contribution in [-0.4, -0.2) is 70.1 Å². The molecule has 0 bridgehead atoms. The van der Waals surface area contributed by atoms with Crippen molar-refractivity contribution < 1.29 is 25.2 Å². The highest BCUT2D eigenvalue weighted by molar-refractivity contribution is 4.93. The summed E-state index contributed by atoms with van der Waals surface area (Å²) >= 11 is 0. The van der Waals surface area contributed by atoms with Crippen molar-refractivity contribution in [3.05, 3.63) is 0 Å². The first-order chi connectivity index (χ1) is 7.51. The summed E-state index contributed by atoms with van der Waals surface area (Å²) in [6.07, 6.45) is -5.25.